The van der Waals surface area contributed by atoms with Crippen LogP contribution in [0.25, 0.3) is 11.4 Å². The average molecular weight is 190 g/mol. The van der Waals surface area contributed by atoms with E-state index in [4.69, 9.17) is 0 Å². The molecule has 70 valence electrons. The summed E-state index contributed by atoms with van der Waals surface area (Å²) in [6.45, 7) is 1.70. The molecule has 1 aromatic heterocycles. The minimum atomic E-state index is -0.282. The maximum atomic E-state index is 13.2. The average Bonchev–Trinajstić information content (AvgIpc) is 2.23. The van der Waals surface area contributed by atoms with Gasteiger partial charge in [-0.3, -0.25) is 0 Å². The van der Waals surface area contributed by atoms with Crippen molar-refractivity contribution in [3.63, 3.8) is 0 Å². The van der Waals surface area contributed by atoms with Gasteiger partial charge in [-0.05, 0) is 18.6 Å². The Morgan fingerprint density at radius 3 is 2.50 bits per heavy atom. The summed E-state index contributed by atoms with van der Waals surface area (Å²) in [7, 11) is 0. The summed E-state index contributed by atoms with van der Waals surface area (Å²) in [5.74, 6) is 0.0429. The lowest BCUT2D eigenvalue weighted by molar-refractivity contribution is 0.618. The Labute approximate surface area is 79.8 Å². The largest absolute Gasteiger partial charge is 0.207 e. The zero-order valence-corrected chi connectivity index (χ0v) is 7.48. The van der Waals surface area contributed by atoms with Gasteiger partial charge in [-0.15, -0.1) is 20.4 Å². The van der Waals surface area contributed by atoms with Crippen LogP contribution in [0.2, 0.25) is 0 Å². The predicted octanol–water partition coefficient (Wildman–Crippen LogP) is 1.38. The summed E-state index contributed by atoms with van der Waals surface area (Å²) in [5, 5.41) is 14.6. The minimum absolute atomic E-state index is 0.282. The van der Waals surface area contributed by atoms with Gasteiger partial charge in [0, 0.05) is 5.56 Å². The van der Waals surface area contributed by atoms with E-state index in [1.54, 1.807) is 19.1 Å². The van der Waals surface area contributed by atoms with E-state index in [2.05, 4.69) is 20.4 Å². The molecule has 0 saturated heterocycles. The summed E-state index contributed by atoms with van der Waals surface area (Å²) >= 11 is 0. The molecule has 0 N–H and O–H groups in total. The molecule has 14 heavy (non-hydrogen) atoms. The molecule has 0 aliphatic heterocycles. The van der Waals surface area contributed by atoms with Crippen molar-refractivity contribution >= 4 is 0 Å². The van der Waals surface area contributed by atoms with Crippen LogP contribution in [-0.2, 0) is 0 Å². The number of hydrogen-bond acceptors (Lipinski definition) is 4. The van der Waals surface area contributed by atoms with Gasteiger partial charge in [-0.2, -0.15) is 0 Å². The van der Waals surface area contributed by atoms with E-state index >= 15 is 0 Å². The molecule has 0 saturated carbocycles. The van der Waals surface area contributed by atoms with Gasteiger partial charge in [0.25, 0.3) is 0 Å². The first kappa shape index (κ1) is 8.68. The number of benzene rings is 1. The maximum absolute atomic E-state index is 13.2. The van der Waals surface area contributed by atoms with Gasteiger partial charge in [0.1, 0.15) is 5.82 Å². The van der Waals surface area contributed by atoms with E-state index in [0.29, 0.717) is 17.0 Å². The third-order valence-electron chi connectivity index (χ3n) is 1.84. The summed E-state index contributed by atoms with van der Waals surface area (Å²) in [6, 6.07) is 4.77. The third-order valence-corrected chi connectivity index (χ3v) is 1.84. The quantitative estimate of drug-likeness (QED) is 0.681. The van der Waals surface area contributed by atoms with Crippen molar-refractivity contribution in [1.82, 2.24) is 20.4 Å². The second kappa shape index (κ2) is 3.45. The molecule has 2 aromatic rings. The Morgan fingerprint density at radius 1 is 1.14 bits per heavy atom. The van der Waals surface area contributed by atoms with E-state index in [0.717, 1.165) is 0 Å². The molecule has 0 amide bonds. The Bertz CT molecular complexity index is 444. The van der Waals surface area contributed by atoms with Crippen LogP contribution < -0.4 is 0 Å². The SMILES string of the molecule is Cc1ccc(-c2nncnn2)cc1F. The lowest BCUT2D eigenvalue weighted by atomic mass is 10.1. The van der Waals surface area contributed by atoms with Gasteiger partial charge in [-0.25, -0.2) is 4.39 Å². The molecule has 0 fully saturated rings. The minimum Gasteiger partial charge on any atom is -0.207 e. The smallest absolute Gasteiger partial charge is 0.203 e. The Morgan fingerprint density at radius 2 is 1.86 bits per heavy atom. The molecule has 4 nitrogen and oxygen atoms in total. The predicted molar refractivity (Wildman–Crippen MR) is 47.8 cm³/mol. The van der Waals surface area contributed by atoms with E-state index in [1.165, 1.54) is 12.4 Å². The van der Waals surface area contributed by atoms with E-state index in [9.17, 15) is 4.39 Å². The highest BCUT2D eigenvalue weighted by molar-refractivity contribution is 5.54. The monoisotopic (exact) mass is 190 g/mol. The van der Waals surface area contributed by atoms with Crippen molar-refractivity contribution in [2.75, 3.05) is 0 Å². The first-order valence-corrected chi connectivity index (χ1v) is 4.04. The van der Waals surface area contributed by atoms with Crippen molar-refractivity contribution in [1.29, 1.82) is 0 Å². The second-order valence-corrected chi connectivity index (χ2v) is 2.83. The van der Waals surface area contributed by atoms with Crippen molar-refractivity contribution < 1.29 is 4.39 Å². The molecule has 0 aliphatic carbocycles. The molecule has 0 spiro atoms. The van der Waals surface area contributed by atoms with Gasteiger partial charge in [-0.1, -0.05) is 12.1 Å². The topological polar surface area (TPSA) is 51.6 Å². The van der Waals surface area contributed by atoms with Crippen LogP contribution in [0.5, 0.6) is 0 Å². The Hall–Kier alpha value is -1.91. The third kappa shape index (κ3) is 1.56. The fourth-order valence-electron chi connectivity index (χ4n) is 1.05. The van der Waals surface area contributed by atoms with E-state index in [-0.39, 0.29) is 5.82 Å². The van der Waals surface area contributed by atoms with Crippen molar-refractivity contribution in [2.45, 2.75) is 6.92 Å². The standard InChI is InChI=1S/C9H7FN4/c1-6-2-3-7(4-8(6)10)9-13-11-5-12-14-9/h2-5H,1H3. The van der Waals surface area contributed by atoms with Crippen LogP contribution in [0.3, 0.4) is 0 Å². The number of rotatable bonds is 1. The van der Waals surface area contributed by atoms with Crippen LogP contribution in [0, 0.1) is 12.7 Å². The number of nitrogens with zero attached hydrogens (tertiary/aromatic N) is 4. The number of aromatic nitrogens is 4. The number of aryl methyl sites for hydroxylation is 1. The van der Waals surface area contributed by atoms with Crippen molar-refractivity contribution in [3.05, 3.63) is 35.9 Å². The normalized spacial score (nSPS) is 10.1. The van der Waals surface area contributed by atoms with E-state index < -0.39 is 0 Å². The summed E-state index contributed by atoms with van der Waals surface area (Å²) < 4.78 is 13.2. The highest BCUT2D eigenvalue weighted by atomic mass is 19.1. The zero-order chi connectivity index (χ0) is 9.97. The molecular formula is C9H7FN4. The highest BCUT2D eigenvalue weighted by Crippen LogP contribution is 2.16. The molecule has 0 atom stereocenters. The molecule has 5 heteroatoms. The highest BCUT2D eigenvalue weighted by Gasteiger charge is 2.04. The summed E-state index contributed by atoms with van der Waals surface area (Å²) in [6.07, 6.45) is 1.23. The first-order valence-electron chi connectivity index (χ1n) is 4.04. The van der Waals surface area contributed by atoms with Gasteiger partial charge in [0.2, 0.25) is 5.82 Å². The van der Waals surface area contributed by atoms with Crippen molar-refractivity contribution in [2.24, 2.45) is 0 Å². The lowest BCUT2D eigenvalue weighted by Gasteiger charge is -1.99. The van der Waals surface area contributed by atoms with Gasteiger partial charge in [0.05, 0.1) is 0 Å². The van der Waals surface area contributed by atoms with Crippen LogP contribution in [0.15, 0.2) is 24.5 Å². The number of hydrogen-bond donors (Lipinski definition) is 0. The molecule has 1 heterocycles. The second-order valence-electron chi connectivity index (χ2n) is 2.83. The van der Waals surface area contributed by atoms with Crippen LogP contribution in [0.4, 0.5) is 4.39 Å². The fraction of sp³-hybridized carbons (Fsp3) is 0.111. The molecule has 0 radical (unpaired) electrons. The fourth-order valence-corrected chi connectivity index (χ4v) is 1.05. The lowest BCUT2D eigenvalue weighted by Crippen LogP contribution is -1.94. The van der Waals surface area contributed by atoms with Gasteiger partial charge < -0.3 is 0 Å². The van der Waals surface area contributed by atoms with Crippen molar-refractivity contribution in [3.8, 4) is 11.4 Å². The molecular weight excluding hydrogens is 183 g/mol. The summed E-state index contributed by atoms with van der Waals surface area (Å²) in [5.41, 5.74) is 1.17. The zero-order valence-electron chi connectivity index (χ0n) is 7.48. The maximum Gasteiger partial charge on any atom is 0.203 e. The molecule has 1 aromatic carbocycles. The van der Waals surface area contributed by atoms with Gasteiger partial charge in [0.15, 0.2) is 6.33 Å². The van der Waals surface area contributed by atoms with Gasteiger partial charge >= 0.3 is 0 Å². The molecule has 0 aliphatic rings. The molecule has 0 bridgehead atoms. The Balaban J connectivity index is 2.48. The van der Waals surface area contributed by atoms with Crippen LogP contribution in [0.1, 0.15) is 5.56 Å². The van der Waals surface area contributed by atoms with Crippen LogP contribution in [-0.4, -0.2) is 20.4 Å². The molecule has 0 unspecified atom stereocenters. The molecule has 2 rings (SSSR count). The van der Waals surface area contributed by atoms with Crippen LogP contribution >= 0.6 is 0 Å². The van der Waals surface area contributed by atoms with E-state index in [1.807, 2.05) is 0 Å². The summed E-state index contributed by atoms with van der Waals surface area (Å²) in [4.78, 5) is 0. The number of halogens is 1. The first-order chi connectivity index (χ1) is 6.77. The Kier molecular flexibility index (Phi) is 2.14.